The van der Waals surface area contributed by atoms with Gasteiger partial charge in [-0.1, -0.05) is 48.2 Å². The Balaban J connectivity index is 1.95. The van der Waals surface area contributed by atoms with Crippen LogP contribution in [0.5, 0.6) is 11.5 Å². The van der Waals surface area contributed by atoms with Gasteiger partial charge in [0.25, 0.3) is 0 Å². The van der Waals surface area contributed by atoms with E-state index in [2.05, 4.69) is 23.3 Å². The number of rotatable bonds is 9. The summed E-state index contributed by atoms with van der Waals surface area (Å²) in [6.07, 6.45) is 1.45. The molecule has 0 spiro atoms. The van der Waals surface area contributed by atoms with Crippen molar-refractivity contribution >= 4 is 40.9 Å². The molecule has 0 aliphatic carbocycles. The number of carbonyl (C=O) groups excluding carboxylic acids is 2. The van der Waals surface area contributed by atoms with Crippen LogP contribution < -0.4 is 15.4 Å². The second kappa shape index (κ2) is 12.2. The number of allylic oxidation sites excluding steroid dienone is 2. The summed E-state index contributed by atoms with van der Waals surface area (Å²) in [5, 5.41) is 26.9. The highest BCUT2D eigenvalue weighted by Gasteiger charge is 2.36. The molecular formula is C26H24ClN3O5S. The molecule has 0 aromatic heterocycles. The Morgan fingerprint density at radius 3 is 2.78 bits per heavy atom. The summed E-state index contributed by atoms with van der Waals surface area (Å²) in [6.45, 7) is 5.25. The minimum Gasteiger partial charge on any atom is -0.504 e. The van der Waals surface area contributed by atoms with Crippen LogP contribution in [0.3, 0.4) is 0 Å². The van der Waals surface area contributed by atoms with E-state index in [9.17, 15) is 20.0 Å². The van der Waals surface area contributed by atoms with E-state index in [4.69, 9.17) is 21.1 Å². The second-order valence-corrected chi connectivity index (χ2v) is 9.04. The number of halogens is 1. The van der Waals surface area contributed by atoms with Crippen LogP contribution in [0.2, 0.25) is 5.02 Å². The third-order valence-corrected chi connectivity index (χ3v) is 6.45. The first-order valence-corrected chi connectivity index (χ1v) is 12.1. The lowest BCUT2D eigenvalue weighted by Gasteiger charge is -2.29. The lowest BCUT2D eigenvalue weighted by molar-refractivity contribution is -0.138. The highest BCUT2D eigenvalue weighted by molar-refractivity contribution is 8.03. The predicted molar refractivity (Wildman–Crippen MR) is 140 cm³/mol. The highest BCUT2D eigenvalue weighted by atomic mass is 35.5. The van der Waals surface area contributed by atoms with Gasteiger partial charge in [0.15, 0.2) is 11.5 Å². The average molecular weight is 526 g/mol. The second-order valence-electron chi connectivity index (χ2n) is 7.62. The van der Waals surface area contributed by atoms with Crippen molar-refractivity contribution in [3.05, 3.63) is 87.6 Å². The summed E-state index contributed by atoms with van der Waals surface area (Å²) in [4.78, 5) is 25.5. The molecule has 186 valence electrons. The molecular weight excluding hydrogens is 502 g/mol. The molecule has 0 saturated carbocycles. The molecule has 3 N–H and O–H groups in total. The number of phenols is 1. The van der Waals surface area contributed by atoms with Gasteiger partial charge in [-0.05, 0) is 42.8 Å². The zero-order chi connectivity index (χ0) is 26.2. The van der Waals surface area contributed by atoms with Crippen LogP contribution in [0.4, 0.5) is 5.69 Å². The molecule has 1 aliphatic heterocycles. The van der Waals surface area contributed by atoms with Gasteiger partial charge in [-0.3, -0.25) is 4.79 Å². The Morgan fingerprint density at radius 1 is 1.33 bits per heavy atom. The van der Waals surface area contributed by atoms with Crippen LogP contribution in [-0.4, -0.2) is 36.5 Å². The quantitative estimate of drug-likeness (QED) is 0.314. The number of methoxy groups -OCH3 is 1. The molecule has 0 unspecified atom stereocenters. The average Bonchev–Trinajstić information content (AvgIpc) is 2.85. The number of nitrogens with one attached hydrogen (secondary N) is 2. The number of dihydropyridines is 1. The minimum absolute atomic E-state index is 0.00187. The SMILES string of the molecule is C=CCOC(=O)C1=C(C)NC(SCC(=O)Nc2cccc(Cl)c2)=C(C#N)[C@H]1c1ccc(O)c(OC)c1. The predicted octanol–water partition coefficient (Wildman–Crippen LogP) is 4.85. The molecule has 3 rings (SSSR count). The van der Waals surface area contributed by atoms with Crippen LogP contribution >= 0.6 is 23.4 Å². The van der Waals surface area contributed by atoms with Gasteiger partial charge in [-0.15, -0.1) is 0 Å². The van der Waals surface area contributed by atoms with Gasteiger partial charge in [-0.2, -0.15) is 5.26 Å². The summed E-state index contributed by atoms with van der Waals surface area (Å²) in [5.74, 6) is -1.63. The molecule has 1 aliphatic rings. The van der Waals surface area contributed by atoms with Crippen LogP contribution in [0.25, 0.3) is 0 Å². The highest BCUT2D eigenvalue weighted by Crippen LogP contribution is 2.43. The number of esters is 1. The monoisotopic (exact) mass is 525 g/mol. The Morgan fingerprint density at radius 2 is 2.11 bits per heavy atom. The van der Waals surface area contributed by atoms with Crippen molar-refractivity contribution in [1.82, 2.24) is 5.32 Å². The van der Waals surface area contributed by atoms with E-state index in [1.165, 1.54) is 19.3 Å². The third kappa shape index (κ3) is 6.22. The summed E-state index contributed by atoms with van der Waals surface area (Å²) in [5.41, 5.74) is 2.01. The third-order valence-electron chi connectivity index (χ3n) is 5.19. The van der Waals surface area contributed by atoms with Crippen molar-refractivity contribution in [3.63, 3.8) is 0 Å². The fourth-order valence-corrected chi connectivity index (χ4v) is 4.70. The van der Waals surface area contributed by atoms with Crippen molar-refractivity contribution in [2.75, 3.05) is 24.8 Å². The van der Waals surface area contributed by atoms with Crippen LogP contribution in [0, 0.1) is 11.3 Å². The number of aromatic hydroxyl groups is 1. The van der Waals surface area contributed by atoms with Crippen molar-refractivity contribution < 1.29 is 24.2 Å². The number of carbonyl (C=O) groups is 2. The largest absolute Gasteiger partial charge is 0.504 e. The standard InChI is InChI=1S/C26H24ClN3O5S/c1-4-10-35-26(33)23-15(2)29-25(36-14-22(32)30-18-7-5-6-17(27)12-18)19(13-28)24(23)16-8-9-20(31)21(11-16)34-3/h4-9,11-12,24,29,31H,1,10,14H2,2-3H3,(H,30,32)/t24-/m1/s1. The summed E-state index contributed by atoms with van der Waals surface area (Å²) >= 11 is 7.10. The zero-order valence-electron chi connectivity index (χ0n) is 19.6. The minimum atomic E-state index is -0.818. The Hall–Kier alpha value is -3.87. The van der Waals surface area contributed by atoms with Gasteiger partial charge in [0.2, 0.25) is 5.91 Å². The normalized spacial score (nSPS) is 15.0. The van der Waals surface area contributed by atoms with Gasteiger partial charge < -0.3 is 25.2 Å². The number of ether oxygens (including phenoxy) is 2. The fraction of sp³-hybridized carbons (Fsp3) is 0.192. The van der Waals surface area contributed by atoms with Crippen LogP contribution in [0.1, 0.15) is 18.4 Å². The number of thioether (sulfide) groups is 1. The van der Waals surface area contributed by atoms with Gasteiger partial charge in [0.05, 0.1) is 41.0 Å². The Labute approximate surface area is 218 Å². The van der Waals surface area contributed by atoms with E-state index in [0.717, 1.165) is 11.8 Å². The first-order valence-electron chi connectivity index (χ1n) is 10.7. The summed E-state index contributed by atoms with van der Waals surface area (Å²) < 4.78 is 10.5. The molecule has 0 fully saturated rings. The lowest BCUT2D eigenvalue weighted by atomic mass is 9.82. The molecule has 1 heterocycles. The van der Waals surface area contributed by atoms with Gasteiger partial charge in [-0.25, -0.2) is 4.79 Å². The first-order chi connectivity index (χ1) is 17.3. The van der Waals surface area contributed by atoms with E-state index in [0.29, 0.717) is 27.0 Å². The Kier molecular flexibility index (Phi) is 9.06. The number of anilines is 1. The number of hydrogen-bond donors (Lipinski definition) is 3. The van der Waals surface area contributed by atoms with Crippen LogP contribution in [-0.2, 0) is 14.3 Å². The van der Waals surface area contributed by atoms with Gasteiger partial charge in [0.1, 0.15) is 6.61 Å². The Bertz CT molecular complexity index is 1300. The van der Waals surface area contributed by atoms with Crippen molar-refractivity contribution in [2.24, 2.45) is 0 Å². The van der Waals surface area contributed by atoms with Crippen molar-refractivity contribution in [1.29, 1.82) is 5.26 Å². The smallest absolute Gasteiger partial charge is 0.337 e. The molecule has 2 aromatic carbocycles. The first kappa shape index (κ1) is 26.7. The molecule has 10 heteroatoms. The number of phenolic OH excluding ortho intramolecular Hbond substituents is 1. The lowest BCUT2D eigenvalue weighted by Crippen LogP contribution is -2.29. The summed E-state index contributed by atoms with van der Waals surface area (Å²) in [7, 11) is 1.41. The van der Waals surface area contributed by atoms with Crippen LogP contribution in [0.15, 0.2) is 77.0 Å². The topological polar surface area (TPSA) is 121 Å². The molecule has 2 aromatic rings. The van der Waals surface area contributed by atoms with Gasteiger partial charge >= 0.3 is 5.97 Å². The molecule has 0 bridgehead atoms. The fourth-order valence-electron chi connectivity index (χ4n) is 3.62. The molecule has 0 radical (unpaired) electrons. The summed E-state index contributed by atoms with van der Waals surface area (Å²) in [6, 6.07) is 13.5. The maximum Gasteiger partial charge on any atom is 0.337 e. The van der Waals surface area contributed by atoms with E-state index in [1.54, 1.807) is 43.3 Å². The van der Waals surface area contributed by atoms with E-state index < -0.39 is 11.9 Å². The molecule has 8 nitrogen and oxygen atoms in total. The number of benzene rings is 2. The maximum atomic E-state index is 13.0. The molecule has 1 amide bonds. The molecule has 36 heavy (non-hydrogen) atoms. The molecule has 1 atom stereocenters. The van der Waals surface area contributed by atoms with E-state index in [1.807, 2.05) is 0 Å². The number of hydrogen-bond acceptors (Lipinski definition) is 8. The number of nitriles is 1. The maximum absolute atomic E-state index is 13.0. The number of amides is 1. The number of nitrogens with zero attached hydrogens (tertiary/aromatic N) is 1. The van der Waals surface area contributed by atoms with E-state index >= 15 is 0 Å². The molecule has 0 saturated heterocycles. The zero-order valence-corrected chi connectivity index (χ0v) is 21.2. The van der Waals surface area contributed by atoms with Crippen molar-refractivity contribution in [3.8, 4) is 17.6 Å². The van der Waals surface area contributed by atoms with E-state index in [-0.39, 0.29) is 40.9 Å². The van der Waals surface area contributed by atoms with Crippen molar-refractivity contribution in [2.45, 2.75) is 12.8 Å². The van der Waals surface area contributed by atoms with Gasteiger partial charge in [0, 0.05) is 16.4 Å².